The van der Waals surface area contributed by atoms with E-state index in [1.165, 1.54) is 18.2 Å². The van der Waals surface area contributed by atoms with Gasteiger partial charge in [0.2, 0.25) is 5.91 Å². The summed E-state index contributed by atoms with van der Waals surface area (Å²) in [6.07, 6.45) is 1.36. The smallest absolute Gasteiger partial charge is 0.407 e. The van der Waals surface area contributed by atoms with Crippen LogP contribution in [0.25, 0.3) is 11.1 Å². The lowest BCUT2D eigenvalue weighted by Gasteiger charge is -2.18. The van der Waals surface area contributed by atoms with E-state index in [0.29, 0.717) is 19.3 Å². The number of carboxylic acids is 1. The highest BCUT2D eigenvalue weighted by Gasteiger charge is 2.34. The predicted molar refractivity (Wildman–Crippen MR) is 125 cm³/mol. The third-order valence-electron chi connectivity index (χ3n) is 6.69. The lowest BCUT2D eigenvalue weighted by atomic mass is 9.98. The van der Waals surface area contributed by atoms with E-state index in [-0.39, 0.29) is 43.4 Å². The number of rotatable bonds is 9. The van der Waals surface area contributed by atoms with E-state index in [2.05, 4.69) is 34.9 Å². The molecule has 3 N–H and O–H groups in total. The SMILES string of the molecule is COCCC(NC(=O)C1CCC(NC(=O)OCC2c3ccccc3-c3ccccc32)C1)C(=O)O. The number of carbonyl (C=O) groups excluding carboxylic acids is 2. The van der Waals surface area contributed by atoms with Gasteiger partial charge in [-0.1, -0.05) is 48.5 Å². The lowest BCUT2D eigenvalue weighted by Crippen LogP contribution is -2.44. The average Bonchev–Trinajstić information content (AvgIpc) is 3.43. The standard InChI is InChI=1S/C26H30N2O6/c1-33-13-12-23(25(30)31)28-24(29)16-10-11-17(14-16)27-26(32)34-15-22-20-8-4-2-6-18(20)19-7-3-5-9-21(19)22/h2-9,16-17,22-23H,10-15H2,1H3,(H,27,32)(H,28,29)(H,30,31). The third-order valence-corrected chi connectivity index (χ3v) is 6.69. The Hall–Kier alpha value is -3.39. The quantitative estimate of drug-likeness (QED) is 0.523. The minimum Gasteiger partial charge on any atom is -0.480 e. The van der Waals surface area contributed by atoms with Gasteiger partial charge in [-0.2, -0.15) is 0 Å². The molecule has 8 nitrogen and oxygen atoms in total. The first-order chi connectivity index (χ1) is 16.5. The summed E-state index contributed by atoms with van der Waals surface area (Å²) in [7, 11) is 1.48. The fourth-order valence-electron chi connectivity index (χ4n) is 4.94. The van der Waals surface area contributed by atoms with Gasteiger partial charge in [0, 0.05) is 38.0 Å². The zero-order valence-electron chi connectivity index (χ0n) is 19.2. The molecule has 0 radical (unpaired) electrons. The molecule has 3 atom stereocenters. The van der Waals surface area contributed by atoms with E-state index in [4.69, 9.17) is 9.47 Å². The minimum atomic E-state index is -1.09. The largest absolute Gasteiger partial charge is 0.480 e. The van der Waals surface area contributed by atoms with Gasteiger partial charge in [-0.3, -0.25) is 4.79 Å². The molecule has 180 valence electrons. The van der Waals surface area contributed by atoms with Crippen molar-refractivity contribution < 1.29 is 29.0 Å². The van der Waals surface area contributed by atoms with Crippen LogP contribution in [0.5, 0.6) is 0 Å². The maximum absolute atomic E-state index is 12.5. The molecule has 0 spiro atoms. The Labute approximate surface area is 198 Å². The number of ether oxygens (including phenoxy) is 2. The van der Waals surface area contributed by atoms with E-state index in [1.54, 1.807) is 0 Å². The van der Waals surface area contributed by atoms with Crippen molar-refractivity contribution in [2.45, 2.75) is 43.7 Å². The zero-order valence-corrected chi connectivity index (χ0v) is 19.2. The molecule has 0 heterocycles. The summed E-state index contributed by atoms with van der Waals surface area (Å²) in [6, 6.07) is 15.1. The summed E-state index contributed by atoms with van der Waals surface area (Å²) in [5.74, 6) is -1.75. The normalized spacial score (nSPS) is 19.7. The van der Waals surface area contributed by atoms with Gasteiger partial charge in [0.25, 0.3) is 0 Å². The summed E-state index contributed by atoms with van der Waals surface area (Å²) in [5, 5.41) is 14.7. The fourth-order valence-corrected chi connectivity index (χ4v) is 4.94. The van der Waals surface area contributed by atoms with Gasteiger partial charge in [-0.25, -0.2) is 9.59 Å². The highest BCUT2D eigenvalue weighted by molar-refractivity contribution is 5.85. The molecule has 0 bridgehead atoms. The van der Waals surface area contributed by atoms with Crippen LogP contribution in [-0.2, 0) is 19.1 Å². The number of alkyl carbamates (subject to hydrolysis) is 1. The maximum atomic E-state index is 12.5. The van der Waals surface area contributed by atoms with E-state index in [0.717, 1.165) is 11.1 Å². The Morgan fingerprint density at radius 3 is 2.29 bits per heavy atom. The summed E-state index contributed by atoms with van der Waals surface area (Å²) >= 11 is 0. The molecule has 1 saturated carbocycles. The number of amides is 2. The third kappa shape index (κ3) is 5.22. The molecular formula is C26H30N2O6. The molecule has 34 heavy (non-hydrogen) atoms. The number of aliphatic carboxylic acids is 1. The van der Waals surface area contributed by atoms with Gasteiger partial charge in [-0.15, -0.1) is 0 Å². The topological polar surface area (TPSA) is 114 Å². The molecule has 2 aromatic rings. The first-order valence-corrected chi connectivity index (χ1v) is 11.6. The zero-order chi connectivity index (χ0) is 24.1. The first kappa shape index (κ1) is 23.8. The molecule has 2 aliphatic rings. The molecule has 2 aromatic carbocycles. The molecule has 2 amide bonds. The molecular weight excluding hydrogens is 436 g/mol. The molecule has 4 rings (SSSR count). The molecule has 3 unspecified atom stereocenters. The summed E-state index contributed by atoms with van der Waals surface area (Å²) in [4.78, 5) is 36.4. The van der Waals surface area contributed by atoms with Crippen LogP contribution in [0.1, 0.15) is 42.7 Å². The highest BCUT2D eigenvalue weighted by Crippen LogP contribution is 2.44. The maximum Gasteiger partial charge on any atom is 0.407 e. The first-order valence-electron chi connectivity index (χ1n) is 11.6. The van der Waals surface area contributed by atoms with Crippen LogP contribution < -0.4 is 10.6 Å². The Kier molecular flexibility index (Phi) is 7.47. The van der Waals surface area contributed by atoms with Crippen LogP contribution in [-0.4, -0.2) is 55.5 Å². The van der Waals surface area contributed by atoms with Gasteiger partial charge in [0.1, 0.15) is 12.6 Å². The van der Waals surface area contributed by atoms with Crippen molar-refractivity contribution in [3.8, 4) is 11.1 Å². The van der Waals surface area contributed by atoms with Gasteiger partial charge in [0.05, 0.1) is 0 Å². The van der Waals surface area contributed by atoms with Crippen molar-refractivity contribution in [2.24, 2.45) is 5.92 Å². The number of hydrogen-bond donors (Lipinski definition) is 3. The van der Waals surface area contributed by atoms with Crippen molar-refractivity contribution in [3.63, 3.8) is 0 Å². The van der Waals surface area contributed by atoms with E-state index in [1.807, 2.05) is 24.3 Å². The average molecular weight is 467 g/mol. The minimum absolute atomic E-state index is 0.0136. The molecule has 0 saturated heterocycles. The van der Waals surface area contributed by atoms with Gasteiger partial charge in [-0.05, 0) is 41.5 Å². The molecule has 8 heteroatoms. The van der Waals surface area contributed by atoms with E-state index in [9.17, 15) is 19.5 Å². The summed E-state index contributed by atoms with van der Waals surface area (Å²) in [6.45, 7) is 0.476. The van der Waals surface area contributed by atoms with E-state index >= 15 is 0 Å². The molecule has 0 aromatic heterocycles. The summed E-state index contributed by atoms with van der Waals surface area (Å²) in [5.41, 5.74) is 4.63. The van der Waals surface area contributed by atoms with Crippen LogP contribution in [0.15, 0.2) is 48.5 Å². The number of carbonyl (C=O) groups is 3. The second kappa shape index (κ2) is 10.7. The van der Waals surface area contributed by atoms with Gasteiger partial charge >= 0.3 is 12.1 Å². The Bertz CT molecular complexity index is 1010. The number of hydrogen-bond acceptors (Lipinski definition) is 5. The van der Waals surface area contributed by atoms with Crippen molar-refractivity contribution in [2.75, 3.05) is 20.3 Å². The number of fused-ring (bicyclic) bond motifs is 3. The second-order valence-corrected chi connectivity index (χ2v) is 8.86. The molecule has 1 fully saturated rings. The Morgan fingerprint density at radius 2 is 1.68 bits per heavy atom. The van der Waals surface area contributed by atoms with Crippen molar-refractivity contribution in [1.29, 1.82) is 0 Å². The number of carboxylic acid groups (broad SMARTS) is 1. The second-order valence-electron chi connectivity index (χ2n) is 8.86. The Morgan fingerprint density at radius 1 is 1.03 bits per heavy atom. The van der Waals surface area contributed by atoms with Crippen LogP contribution in [0, 0.1) is 5.92 Å². The van der Waals surface area contributed by atoms with Crippen molar-refractivity contribution >= 4 is 18.0 Å². The number of nitrogens with one attached hydrogen (secondary N) is 2. The van der Waals surface area contributed by atoms with E-state index < -0.39 is 18.1 Å². The van der Waals surface area contributed by atoms with Crippen LogP contribution in [0.4, 0.5) is 4.79 Å². The Balaban J connectivity index is 1.28. The van der Waals surface area contributed by atoms with Crippen LogP contribution in [0.2, 0.25) is 0 Å². The fraction of sp³-hybridized carbons (Fsp3) is 0.423. The number of methoxy groups -OCH3 is 1. The monoisotopic (exact) mass is 466 g/mol. The molecule has 0 aliphatic heterocycles. The summed E-state index contributed by atoms with van der Waals surface area (Å²) < 4.78 is 10.5. The van der Waals surface area contributed by atoms with Gasteiger partial charge in [0.15, 0.2) is 0 Å². The number of benzene rings is 2. The van der Waals surface area contributed by atoms with Gasteiger partial charge < -0.3 is 25.2 Å². The lowest BCUT2D eigenvalue weighted by molar-refractivity contribution is -0.143. The van der Waals surface area contributed by atoms with Crippen molar-refractivity contribution in [1.82, 2.24) is 10.6 Å². The molecule has 2 aliphatic carbocycles. The highest BCUT2D eigenvalue weighted by atomic mass is 16.5. The van der Waals surface area contributed by atoms with Crippen molar-refractivity contribution in [3.05, 3.63) is 59.7 Å². The predicted octanol–water partition coefficient (Wildman–Crippen LogP) is 3.30. The van der Waals surface area contributed by atoms with Crippen LogP contribution >= 0.6 is 0 Å². The van der Waals surface area contributed by atoms with Crippen LogP contribution in [0.3, 0.4) is 0 Å².